The number of allylic oxidation sites excluding steroid dienone is 4. The minimum atomic E-state index is 0. The van der Waals surface area contributed by atoms with Crippen molar-refractivity contribution in [3.63, 3.8) is 0 Å². The van der Waals surface area contributed by atoms with E-state index in [2.05, 4.69) is 58.9 Å². The summed E-state index contributed by atoms with van der Waals surface area (Å²) in [4.78, 5) is 0. The molecule has 1 aromatic carbocycles. The van der Waals surface area contributed by atoms with Gasteiger partial charge in [0, 0.05) is 18.6 Å². The van der Waals surface area contributed by atoms with Gasteiger partial charge in [-0.15, -0.1) is 0 Å². The van der Waals surface area contributed by atoms with Crippen LogP contribution in [0.25, 0.3) is 0 Å². The summed E-state index contributed by atoms with van der Waals surface area (Å²) in [6.45, 7) is 11.3. The Bertz CT molecular complexity index is 466. The fourth-order valence-corrected chi connectivity index (χ4v) is 2.73. The third kappa shape index (κ3) is 2.65. The van der Waals surface area contributed by atoms with Gasteiger partial charge in [0.05, 0.1) is 0 Å². The maximum absolute atomic E-state index is 2.30. The summed E-state index contributed by atoms with van der Waals surface area (Å²) in [7, 11) is 0. The van der Waals surface area contributed by atoms with Crippen LogP contribution in [-0.2, 0) is 25.0 Å². The monoisotopic (exact) mass is 277 g/mol. The molecule has 95 valence electrons. The predicted octanol–water partition coefficient (Wildman–Crippen LogP) is 4.51. The van der Waals surface area contributed by atoms with E-state index < -0.39 is 0 Å². The Labute approximate surface area is 123 Å². The second-order valence-corrected chi connectivity index (χ2v) is 5.24. The quantitative estimate of drug-likeness (QED) is 0.746. The number of hydrogen-bond donors (Lipinski definition) is 0. The molecule has 0 saturated heterocycles. The first-order chi connectivity index (χ1) is 8.02. The Morgan fingerprint density at radius 3 is 1.56 bits per heavy atom. The summed E-state index contributed by atoms with van der Waals surface area (Å²) in [6.07, 6.45) is 10.0. The van der Waals surface area contributed by atoms with Gasteiger partial charge in [0.15, 0.2) is 0 Å². The van der Waals surface area contributed by atoms with Crippen LogP contribution < -0.4 is 0 Å². The van der Waals surface area contributed by atoms with Gasteiger partial charge in [-0.1, -0.05) is 24.3 Å². The van der Waals surface area contributed by atoms with Gasteiger partial charge in [-0.25, -0.2) is 0 Å². The predicted molar refractivity (Wildman–Crippen MR) is 75.6 cm³/mol. The molecule has 0 nitrogen and oxygen atoms in total. The summed E-state index contributed by atoms with van der Waals surface area (Å²) in [6, 6.07) is 0. The van der Waals surface area contributed by atoms with Crippen molar-refractivity contribution < 1.29 is 18.6 Å². The zero-order chi connectivity index (χ0) is 12.6. The van der Waals surface area contributed by atoms with Gasteiger partial charge in [-0.2, -0.15) is 0 Å². The smallest absolute Gasteiger partial charge is 0 e. The first kappa shape index (κ1) is 15.3. The molecule has 0 N–H and O–H groups in total. The molecule has 1 aliphatic rings. The average Bonchev–Trinajstić information content (AvgIpc) is 2.82. The average molecular weight is 277 g/mol. The van der Waals surface area contributed by atoms with Crippen LogP contribution in [-0.4, -0.2) is 0 Å². The van der Waals surface area contributed by atoms with Gasteiger partial charge in [0.2, 0.25) is 0 Å². The summed E-state index contributed by atoms with van der Waals surface area (Å²) >= 11 is 0. The molecule has 1 aliphatic carbocycles. The molecular weight excluding hydrogens is 255 g/mol. The van der Waals surface area contributed by atoms with E-state index in [1.165, 1.54) is 27.8 Å². The molecule has 0 unspecified atom stereocenters. The third-order valence-corrected chi connectivity index (χ3v) is 4.42. The van der Waals surface area contributed by atoms with Crippen LogP contribution in [0.5, 0.6) is 0 Å². The largest absolute Gasteiger partial charge is 0.0773 e. The number of hydrogen-bond acceptors (Lipinski definition) is 0. The van der Waals surface area contributed by atoms with Crippen molar-refractivity contribution in [2.24, 2.45) is 5.92 Å². The van der Waals surface area contributed by atoms with Gasteiger partial charge in [-0.3, -0.25) is 0 Å². The summed E-state index contributed by atoms with van der Waals surface area (Å²) < 4.78 is 0. The molecular formula is C17H22V. The van der Waals surface area contributed by atoms with Crippen LogP contribution in [0, 0.1) is 40.5 Å². The maximum Gasteiger partial charge on any atom is 0 e. The maximum atomic E-state index is 2.30. The standard InChI is InChI=1S/C17H22.V/c1-11-12(2)14(4)17(15(5)13(11)3)10-16-8-6-7-9-16;/h6-9,16H,10H2,1-5H3;. The molecule has 0 amide bonds. The Morgan fingerprint density at radius 1 is 0.722 bits per heavy atom. The molecule has 0 bridgehead atoms. The molecule has 2 rings (SSSR count). The fourth-order valence-electron chi connectivity index (χ4n) is 2.73. The van der Waals surface area contributed by atoms with Crippen LogP contribution in [0.15, 0.2) is 24.3 Å². The van der Waals surface area contributed by atoms with E-state index in [0.717, 1.165) is 6.42 Å². The molecule has 1 aromatic rings. The van der Waals surface area contributed by atoms with Crippen molar-refractivity contribution in [3.05, 3.63) is 57.7 Å². The third-order valence-electron chi connectivity index (χ3n) is 4.42. The second kappa shape index (κ2) is 5.95. The van der Waals surface area contributed by atoms with Gasteiger partial charge >= 0.3 is 0 Å². The molecule has 0 atom stereocenters. The molecule has 0 aromatic heterocycles. The van der Waals surface area contributed by atoms with E-state index in [1.54, 1.807) is 5.56 Å². The fraction of sp³-hybridized carbons (Fsp3) is 0.412. The van der Waals surface area contributed by atoms with Gasteiger partial charge in [0.1, 0.15) is 0 Å². The minimum Gasteiger partial charge on any atom is -0.0773 e. The van der Waals surface area contributed by atoms with E-state index in [9.17, 15) is 0 Å². The Hall–Kier alpha value is -0.716. The van der Waals surface area contributed by atoms with E-state index in [-0.39, 0.29) is 18.6 Å². The molecule has 1 heteroatoms. The van der Waals surface area contributed by atoms with Crippen molar-refractivity contribution in [1.82, 2.24) is 0 Å². The molecule has 0 spiro atoms. The zero-order valence-corrected chi connectivity index (χ0v) is 13.4. The number of rotatable bonds is 2. The Balaban J connectivity index is 0.00000162. The van der Waals surface area contributed by atoms with Crippen LogP contribution in [0.1, 0.15) is 33.4 Å². The topological polar surface area (TPSA) is 0 Å². The first-order valence-corrected chi connectivity index (χ1v) is 6.43. The van der Waals surface area contributed by atoms with E-state index in [0.29, 0.717) is 5.92 Å². The van der Waals surface area contributed by atoms with Gasteiger partial charge in [-0.05, 0) is 80.3 Å². The summed E-state index contributed by atoms with van der Waals surface area (Å²) in [5.74, 6) is 0.592. The van der Waals surface area contributed by atoms with Gasteiger partial charge < -0.3 is 0 Å². The minimum absolute atomic E-state index is 0. The van der Waals surface area contributed by atoms with Gasteiger partial charge in [0.25, 0.3) is 0 Å². The molecule has 18 heavy (non-hydrogen) atoms. The normalized spacial score (nSPS) is 14.1. The molecule has 0 aliphatic heterocycles. The van der Waals surface area contributed by atoms with Crippen LogP contribution >= 0.6 is 0 Å². The van der Waals surface area contributed by atoms with Crippen LogP contribution in [0.4, 0.5) is 0 Å². The van der Waals surface area contributed by atoms with Crippen molar-refractivity contribution in [3.8, 4) is 0 Å². The van der Waals surface area contributed by atoms with Crippen molar-refractivity contribution in [2.75, 3.05) is 0 Å². The summed E-state index contributed by atoms with van der Waals surface area (Å²) in [5.41, 5.74) is 8.91. The Morgan fingerprint density at radius 2 is 1.11 bits per heavy atom. The van der Waals surface area contributed by atoms with E-state index >= 15 is 0 Å². The Kier molecular flexibility index (Phi) is 5.07. The first-order valence-electron chi connectivity index (χ1n) is 6.43. The summed E-state index contributed by atoms with van der Waals surface area (Å²) in [5, 5.41) is 0. The van der Waals surface area contributed by atoms with E-state index in [4.69, 9.17) is 0 Å². The second-order valence-electron chi connectivity index (χ2n) is 5.24. The molecule has 1 radical (unpaired) electrons. The van der Waals surface area contributed by atoms with E-state index in [1.807, 2.05) is 0 Å². The van der Waals surface area contributed by atoms with Crippen molar-refractivity contribution >= 4 is 0 Å². The molecule has 0 heterocycles. The van der Waals surface area contributed by atoms with Crippen molar-refractivity contribution in [2.45, 2.75) is 41.0 Å². The van der Waals surface area contributed by atoms with Crippen molar-refractivity contribution in [1.29, 1.82) is 0 Å². The zero-order valence-electron chi connectivity index (χ0n) is 12.0. The molecule has 0 fully saturated rings. The van der Waals surface area contributed by atoms with Crippen LogP contribution in [0.3, 0.4) is 0 Å². The SMILES string of the molecule is Cc1c(C)c(C)c(CC2C=CC=C2)c(C)c1C.[V]. The molecule has 0 saturated carbocycles. The van der Waals surface area contributed by atoms with Crippen LogP contribution in [0.2, 0.25) is 0 Å². The number of benzene rings is 1.